The molecule has 5 rings (SSSR count). The molecule has 1 atom stereocenters. The maximum atomic E-state index is 6.66. The van der Waals surface area contributed by atoms with Crippen LogP contribution in [0, 0.1) is 5.92 Å². The van der Waals surface area contributed by atoms with Crippen LogP contribution in [-0.4, -0.2) is 24.1 Å². The highest BCUT2D eigenvalue weighted by atomic mass is 35.5. The Morgan fingerprint density at radius 1 is 1.09 bits per heavy atom. The summed E-state index contributed by atoms with van der Waals surface area (Å²) in [6, 6.07) is 15.2. The fourth-order valence-electron chi connectivity index (χ4n) is 4.90. The summed E-state index contributed by atoms with van der Waals surface area (Å²) in [5.74, 6) is 2.22. The Labute approximate surface area is 209 Å². The van der Waals surface area contributed by atoms with Crippen molar-refractivity contribution in [3.8, 4) is 5.75 Å². The fraction of sp³-hybridized carbons (Fsp3) is 0.467. The molecule has 3 nitrogen and oxygen atoms in total. The Hall–Kier alpha value is -2.23. The van der Waals surface area contributed by atoms with Crippen molar-refractivity contribution in [2.45, 2.75) is 70.4 Å². The van der Waals surface area contributed by atoms with Crippen molar-refractivity contribution in [3.63, 3.8) is 0 Å². The zero-order valence-corrected chi connectivity index (χ0v) is 21.1. The second-order valence-corrected chi connectivity index (χ2v) is 10.7. The van der Waals surface area contributed by atoms with Gasteiger partial charge in [-0.1, -0.05) is 61.4 Å². The predicted molar refractivity (Wildman–Crippen MR) is 142 cm³/mol. The average Bonchev–Trinajstić information content (AvgIpc) is 3.76. The van der Waals surface area contributed by atoms with E-state index in [9.17, 15) is 0 Å². The van der Waals surface area contributed by atoms with Crippen LogP contribution in [0.1, 0.15) is 74.5 Å². The van der Waals surface area contributed by atoms with E-state index in [1.54, 1.807) is 0 Å². The minimum Gasteiger partial charge on any atom is -0.490 e. The molecule has 2 saturated carbocycles. The van der Waals surface area contributed by atoms with Gasteiger partial charge in [0.1, 0.15) is 5.75 Å². The Morgan fingerprint density at radius 3 is 2.68 bits per heavy atom. The van der Waals surface area contributed by atoms with E-state index in [1.165, 1.54) is 66.4 Å². The molecule has 0 bridgehead atoms. The van der Waals surface area contributed by atoms with E-state index in [2.05, 4.69) is 66.6 Å². The smallest absolute Gasteiger partial charge is 0.127 e. The van der Waals surface area contributed by atoms with Crippen LogP contribution in [0.3, 0.4) is 0 Å². The number of hydrogen-bond donors (Lipinski definition) is 1. The largest absolute Gasteiger partial charge is 0.490 e. The van der Waals surface area contributed by atoms with E-state index < -0.39 is 0 Å². The van der Waals surface area contributed by atoms with Gasteiger partial charge < -0.3 is 15.4 Å². The zero-order valence-electron chi connectivity index (χ0n) is 20.3. The molecule has 2 N–H and O–H groups in total. The summed E-state index contributed by atoms with van der Waals surface area (Å²) in [7, 11) is 0. The van der Waals surface area contributed by atoms with E-state index in [0.717, 1.165) is 36.8 Å². The molecule has 1 aliphatic heterocycles. The summed E-state index contributed by atoms with van der Waals surface area (Å²) in [6.45, 7) is 4.81. The van der Waals surface area contributed by atoms with E-state index in [0.29, 0.717) is 17.9 Å². The normalized spacial score (nSPS) is 19.0. The number of hydrogen-bond acceptors (Lipinski definition) is 3. The summed E-state index contributed by atoms with van der Waals surface area (Å²) in [5, 5.41) is 0.859. The highest BCUT2D eigenvalue weighted by Crippen LogP contribution is 2.47. The molecule has 0 saturated heterocycles. The molecular weight excluding hydrogens is 440 g/mol. The third kappa shape index (κ3) is 5.70. The monoisotopic (exact) mass is 476 g/mol. The number of para-hydroxylation sites is 1. The van der Waals surface area contributed by atoms with Crippen LogP contribution >= 0.6 is 11.6 Å². The number of unbranched alkanes of at least 4 members (excludes halogenated alkanes) is 1. The number of benzene rings is 2. The SMILES string of the molecule is C[C@H](CCCCN)c1ccc(Cl)c(CN2C=C(C3CC3)C(c3ccccc3OC3CC3)=CC2)c1. The van der Waals surface area contributed by atoms with Crippen molar-refractivity contribution in [1.29, 1.82) is 0 Å². The van der Waals surface area contributed by atoms with E-state index >= 15 is 0 Å². The molecule has 2 aromatic rings. The Bertz CT molecular complexity index is 1070. The topological polar surface area (TPSA) is 38.5 Å². The van der Waals surface area contributed by atoms with E-state index in [-0.39, 0.29) is 0 Å². The number of allylic oxidation sites excluding steroid dienone is 2. The molecular formula is C30H37ClN2O. The van der Waals surface area contributed by atoms with Crippen molar-refractivity contribution in [2.75, 3.05) is 13.1 Å². The third-order valence-corrected chi connectivity index (χ3v) is 7.65. The van der Waals surface area contributed by atoms with Crippen LogP contribution < -0.4 is 10.5 Å². The van der Waals surface area contributed by atoms with Crippen LogP contribution in [0.25, 0.3) is 5.57 Å². The molecule has 0 amide bonds. The number of ether oxygens (including phenoxy) is 1. The standard InChI is InChI=1S/C30H37ClN2O/c1-21(6-4-5-16-32)23-11-14-29(31)24(18-23)19-33-17-15-26(28(20-33)22-9-10-22)27-7-2-3-8-30(27)34-25-12-13-25/h2-3,7-8,11,14-15,18,20-22,25H,4-6,9-10,12-13,16-17,19,32H2,1H3/t21-/m1/s1. The van der Waals surface area contributed by atoms with Gasteiger partial charge in [-0.05, 0) is 91.3 Å². The maximum absolute atomic E-state index is 6.66. The molecule has 2 aromatic carbocycles. The van der Waals surface area contributed by atoms with Gasteiger partial charge in [0.15, 0.2) is 0 Å². The van der Waals surface area contributed by atoms with Gasteiger partial charge in [0, 0.05) is 29.9 Å². The summed E-state index contributed by atoms with van der Waals surface area (Å²) >= 11 is 6.66. The Kier molecular flexibility index (Phi) is 7.32. The average molecular weight is 477 g/mol. The van der Waals surface area contributed by atoms with Crippen LogP contribution in [0.5, 0.6) is 5.75 Å². The highest BCUT2D eigenvalue weighted by molar-refractivity contribution is 6.31. The highest BCUT2D eigenvalue weighted by Gasteiger charge is 2.32. The van der Waals surface area contributed by atoms with Crippen LogP contribution in [0.4, 0.5) is 0 Å². The first kappa shape index (κ1) is 23.5. The molecule has 0 radical (unpaired) electrons. The van der Waals surface area contributed by atoms with Crippen LogP contribution in [-0.2, 0) is 6.54 Å². The van der Waals surface area contributed by atoms with Gasteiger partial charge in [-0.15, -0.1) is 0 Å². The second kappa shape index (κ2) is 10.6. The van der Waals surface area contributed by atoms with Crippen molar-refractivity contribution >= 4 is 17.2 Å². The van der Waals surface area contributed by atoms with Gasteiger partial charge in [0.2, 0.25) is 0 Å². The van der Waals surface area contributed by atoms with Gasteiger partial charge >= 0.3 is 0 Å². The predicted octanol–water partition coefficient (Wildman–Crippen LogP) is 7.31. The minimum atomic E-state index is 0.405. The van der Waals surface area contributed by atoms with Crippen LogP contribution in [0.15, 0.2) is 60.3 Å². The Morgan fingerprint density at radius 2 is 1.91 bits per heavy atom. The number of nitrogens with two attached hydrogens (primary N) is 1. The first-order chi connectivity index (χ1) is 16.6. The molecule has 3 aliphatic rings. The fourth-order valence-corrected chi connectivity index (χ4v) is 5.08. The van der Waals surface area contributed by atoms with Gasteiger partial charge in [0.05, 0.1) is 6.10 Å². The number of rotatable bonds is 11. The van der Waals surface area contributed by atoms with Crippen molar-refractivity contribution in [3.05, 3.63) is 82.0 Å². The molecule has 2 aliphatic carbocycles. The molecule has 2 fully saturated rings. The summed E-state index contributed by atoms with van der Waals surface area (Å²) in [6.07, 6.45) is 13.6. The minimum absolute atomic E-state index is 0.405. The first-order valence-corrected chi connectivity index (χ1v) is 13.4. The Balaban J connectivity index is 1.33. The molecule has 0 aromatic heterocycles. The summed E-state index contributed by atoms with van der Waals surface area (Å²) < 4.78 is 6.26. The zero-order chi connectivity index (χ0) is 23.5. The molecule has 180 valence electrons. The van der Waals surface area contributed by atoms with Gasteiger partial charge in [-0.3, -0.25) is 0 Å². The molecule has 0 spiro atoms. The van der Waals surface area contributed by atoms with Crippen LogP contribution in [0.2, 0.25) is 5.02 Å². The van der Waals surface area contributed by atoms with Gasteiger partial charge in [-0.25, -0.2) is 0 Å². The lowest BCUT2D eigenvalue weighted by molar-refractivity contribution is 0.302. The second-order valence-electron chi connectivity index (χ2n) is 10.3. The number of nitrogens with zero attached hydrogens (tertiary/aromatic N) is 1. The summed E-state index contributed by atoms with van der Waals surface area (Å²) in [4.78, 5) is 2.42. The van der Waals surface area contributed by atoms with Gasteiger partial charge in [0.25, 0.3) is 0 Å². The number of halogens is 1. The van der Waals surface area contributed by atoms with Crippen molar-refractivity contribution in [2.24, 2.45) is 11.7 Å². The molecule has 0 unspecified atom stereocenters. The molecule has 4 heteroatoms. The molecule has 34 heavy (non-hydrogen) atoms. The van der Waals surface area contributed by atoms with Crippen molar-refractivity contribution in [1.82, 2.24) is 4.90 Å². The lowest BCUT2D eigenvalue weighted by Crippen LogP contribution is -2.22. The molecule has 1 heterocycles. The van der Waals surface area contributed by atoms with E-state index in [4.69, 9.17) is 22.1 Å². The lowest BCUT2D eigenvalue weighted by Gasteiger charge is -2.28. The first-order valence-electron chi connectivity index (χ1n) is 13.0. The van der Waals surface area contributed by atoms with Gasteiger partial charge in [-0.2, -0.15) is 0 Å². The summed E-state index contributed by atoms with van der Waals surface area (Å²) in [5.41, 5.74) is 12.3. The maximum Gasteiger partial charge on any atom is 0.127 e. The lowest BCUT2D eigenvalue weighted by atomic mass is 9.91. The van der Waals surface area contributed by atoms with Crippen molar-refractivity contribution < 1.29 is 4.74 Å². The third-order valence-electron chi connectivity index (χ3n) is 7.28. The quantitative estimate of drug-likeness (QED) is 0.345. The van der Waals surface area contributed by atoms with E-state index in [1.807, 2.05) is 0 Å².